The summed E-state index contributed by atoms with van der Waals surface area (Å²) in [5.74, 6) is 2.11. The first-order valence-corrected chi connectivity index (χ1v) is 6.66. The standard InChI is InChI=1S/C14H23N3/c1-9(2)13-8-11(4)15-14(17-13)16-12-6-5-10(3)7-12/h8-10,12H,5-7H2,1-4H3,(H,15,16,17). The Hall–Kier alpha value is -1.12. The quantitative estimate of drug-likeness (QED) is 0.868. The van der Waals surface area contributed by atoms with Crippen molar-refractivity contribution >= 4 is 5.95 Å². The summed E-state index contributed by atoms with van der Waals surface area (Å²) in [6, 6.07) is 2.64. The fourth-order valence-electron chi connectivity index (χ4n) is 2.47. The first-order valence-electron chi connectivity index (χ1n) is 6.66. The van der Waals surface area contributed by atoms with Gasteiger partial charge in [-0.15, -0.1) is 0 Å². The highest BCUT2D eigenvalue weighted by Gasteiger charge is 2.21. The molecule has 1 fully saturated rings. The Bertz CT molecular complexity index is 387. The highest BCUT2D eigenvalue weighted by molar-refractivity contribution is 5.30. The predicted molar refractivity (Wildman–Crippen MR) is 71.3 cm³/mol. The van der Waals surface area contributed by atoms with E-state index < -0.39 is 0 Å². The molecule has 1 saturated carbocycles. The maximum atomic E-state index is 4.60. The van der Waals surface area contributed by atoms with Crippen LogP contribution in [0.3, 0.4) is 0 Å². The van der Waals surface area contributed by atoms with Gasteiger partial charge in [-0.25, -0.2) is 9.97 Å². The third-order valence-electron chi connectivity index (χ3n) is 3.49. The second kappa shape index (κ2) is 5.03. The molecule has 94 valence electrons. The Balaban J connectivity index is 2.10. The van der Waals surface area contributed by atoms with Crippen LogP contribution >= 0.6 is 0 Å². The largest absolute Gasteiger partial charge is 0.351 e. The number of nitrogens with one attached hydrogen (secondary N) is 1. The van der Waals surface area contributed by atoms with E-state index >= 15 is 0 Å². The van der Waals surface area contributed by atoms with E-state index in [4.69, 9.17) is 0 Å². The number of nitrogens with zero attached hydrogens (tertiary/aromatic N) is 2. The third-order valence-corrected chi connectivity index (χ3v) is 3.49. The fourth-order valence-corrected chi connectivity index (χ4v) is 2.47. The minimum atomic E-state index is 0.458. The smallest absolute Gasteiger partial charge is 0.223 e. The average molecular weight is 233 g/mol. The molecule has 0 saturated heterocycles. The van der Waals surface area contributed by atoms with E-state index in [0.29, 0.717) is 12.0 Å². The van der Waals surface area contributed by atoms with Gasteiger partial charge in [0.2, 0.25) is 5.95 Å². The highest BCUT2D eigenvalue weighted by atomic mass is 15.1. The second-order valence-electron chi connectivity index (χ2n) is 5.67. The van der Waals surface area contributed by atoms with E-state index in [2.05, 4.69) is 42.1 Å². The van der Waals surface area contributed by atoms with Gasteiger partial charge in [-0.2, -0.15) is 0 Å². The van der Waals surface area contributed by atoms with Crippen molar-refractivity contribution in [3.05, 3.63) is 17.5 Å². The molecule has 0 amide bonds. The molecule has 17 heavy (non-hydrogen) atoms. The van der Waals surface area contributed by atoms with Crippen LogP contribution in [0.4, 0.5) is 5.95 Å². The summed E-state index contributed by atoms with van der Waals surface area (Å²) in [4.78, 5) is 9.08. The van der Waals surface area contributed by atoms with Crippen molar-refractivity contribution in [1.29, 1.82) is 0 Å². The zero-order chi connectivity index (χ0) is 12.4. The van der Waals surface area contributed by atoms with Crippen LogP contribution in [0.2, 0.25) is 0 Å². The van der Waals surface area contributed by atoms with E-state index in [1.54, 1.807) is 0 Å². The van der Waals surface area contributed by atoms with Gasteiger partial charge < -0.3 is 5.32 Å². The Labute approximate surface area is 104 Å². The van der Waals surface area contributed by atoms with Crippen molar-refractivity contribution in [2.45, 2.75) is 58.9 Å². The van der Waals surface area contributed by atoms with Gasteiger partial charge in [-0.1, -0.05) is 20.8 Å². The Morgan fingerprint density at radius 3 is 2.65 bits per heavy atom. The lowest BCUT2D eigenvalue weighted by Gasteiger charge is -2.14. The molecule has 2 rings (SSSR count). The van der Waals surface area contributed by atoms with Crippen molar-refractivity contribution in [3.63, 3.8) is 0 Å². The van der Waals surface area contributed by atoms with Crippen LogP contribution in [0.15, 0.2) is 6.07 Å². The molecule has 1 heterocycles. The lowest BCUT2D eigenvalue weighted by Crippen LogP contribution is -2.18. The Morgan fingerprint density at radius 1 is 1.29 bits per heavy atom. The maximum absolute atomic E-state index is 4.60. The van der Waals surface area contributed by atoms with Gasteiger partial charge in [0.15, 0.2) is 0 Å². The van der Waals surface area contributed by atoms with Gasteiger partial charge in [-0.05, 0) is 44.1 Å². The zero-order valence-electron chi connectivity index (χ0n) is 11.3. The van der Waals surface area contributed by atoms with Crippen molar-refractivity contribution < 1.29 is 0 Å². The molecule has 2 unspecified atom stereocenters. The fraction of sp³-hybridized carbons (Fsp3) is 0.714. The van der Waals surface area contributed by atoms with E-state index in [-0.39, 0.29) is 0 Å². The Morgan fingerprint density at radius 2 is 2.06 bits per heavy atom. The van der Waals surface area contributed by atoms with Crippen LogP contribution in [0.5, 0.6) is 0 Å². The van der Waals surface area contributed by atoms with Crippen LogP contribution in [0, 0.1) is 12.8 Å². The molecule has 1 aromatic heterocycles. The van der Waals surface area contributed by atoms with Crippen LogP contribution < -0.4 is 5.32 Å². The van der Waals surface area contributed by atoms with E-state index in [1.165, 1.54) is 19.3 Å². The molecular formula is C14H23N3. The van der Waals surface area contributed by atoms with Crippen LogP contribution in [0.1, 0.15) is 57.3 Å². The molecule has 0 aromatic carbocycles. The van der Waals surface area contributed by atoms with Crippen molar-refractivity contribution in [2.75, 3.05) is 5.32 Å². The number of anilines is 1. The van der Waals surface area contributed by atoms with Crippen molar-refractivity contribution in [2.24, 2.45) is 5.92 Å². The summed E-state index contributed by atoms with van der Waals surface area (Å²) in [5, 5.41) is 3.49. The molecule has 0 radical (unpaired) electrons. The summed E-state index contributed by atoms with van der Waals surface area (Å²) in [6.45, 7) is 8.70. The van der Waals surface area contributed by atoms with E-state index in [9.17, 15) is 0 Å². The van der Waals surface area contributed by atoms with Gasteiger partial charge in [0, 0.05) is 17.4 Å². The molecule has 3 heteroatoms. The van der Waals surface area contributed by atoms with Gasteiger partial charge >= 0.3 is 0 Å². The summed E-state index contributed by atoms with van der Waals surface area (Å²) < 4.78 is 0. The monoisotopic (exact) mass is 233 g/mol. The molecule has 3 nitrogen and oxygen atoms in total. The van der Waals surface area contributed by atoms with Crippen molar-refractivity contribution in [1.82, 2.24) is 9.97 Å². The average Bonchev–Trinajstić information content (AvgIpc) is 2.63. The summed E-state index contributed by atoms with van der Waals surface area (Å²) in [6.07, 6.45) is 3.81. The van der Waals surface area contributed by atoms with E-state index in [1.807, 2.05) is 6.92 Å². The van der Waals surface area contributed by atoms with Gasteiger partial charge in [0.05, 0.1) is 0 Å². The van der Waals surface area contributed by atoms with Crippen molar-refractivity contribution in [3.8, 4) is 0 Å². The van der Waals surface area contributed by atoms with Crippen LogP contribution in [-0.4, -0.2) is 16.0 Å². The lowest BCUT2D eigenvalue weighted by molar-refractivity contribution is 0.601. The topological polar surface area (TPSA) is 37.8 Å². The predicted octanol–water partition coefficient (Wildman–Crippen LogP) is 3.51. The second-order valence-corrected chi connectivity index (χ2v) is 5.67. The summed E-state index contributed by atoms with van der Waals surface area (Å²) in [5.41, 5.74) is 2.18. The molecule has 1 aliphatic rings. The summed E-state index contributed by atoms with van der Waals surface area (Å²) >= 11 is 0. The molecule has 1 aliphatic carbocycles. The molecule has 2 atom stereocenters. The molecular weight excluding hydrogens is 210 g/mol. The normalized spacial score (nSPS) is 24.3. The first-order chi connectivity index (χ1) is 8.04. The molecule has 0 aliphatic heterocycles. The third kappa shape index (κ3) is 3.18. The molecule has 1 aromatic rings. The maximum Gasteiger partial charge on any atom is 0.223 e. The number of hydrogen-bond acceptors (Lipinski definition) is 3. The first kappa shape index (κ1) is 12.3. The Kier molecular flexibility index (Phi) is 3.65. The van der Waals surface area contributed by atoms with Gasteiger partial charge in [-0.3, -0.25) is 0 Å². The summed E-state index contributed by atoms with van der Waals surface area (Å²) in [7, 11) is 0. The molecule has 0 bridgehead atoms. The van der Waals surface area contributed by atoms with Gasteiger partial charge in [0.1, 0.15) is 0 Å². The number of aryl methyl sites for hydroxylation is 1. The minimum Gasteiger partial charge on any atom is -0.351 e. The SMILES string of the molecule is Cc1cc(C(C)C)nc(NC2CCC(C)C2)n1. The molecule has 1 N–H and O–H groups in total. The number of hydrogen-bond donors (Lipinski definition) is 1. The van der Waals surface area contributed by atoms with E-state index in [0.717, 1.165) is 23.3 Å². The lowest BCUT2D eigenvalue weighted by atomic mass is 10.1. The molecule has 0 spiro atoms. The van der Waals surface area contributed by atoms with Crippen LogP contribution in [-0.2, 0) is 0 Å². The number of aromatic nitrogens is 2. The van der Waals surface area contributed by atoms with Crippen LogP contribution in [0.25, 0.3) is 0 Å². The highest BCUT2D eigenvalue weighted by Crippen LogP contribution is 2.27. The minimum absolute atomic E-state index is 0.458. The zero-order valence-corrected chi connectivity index (χ0v) is 11.3. The number of rotatable bonds is 3. The van der Waals surface area contributed by atoms with Gasteiger partial charge in [0.25, 0.3) is 0 Å².